The Morgan fingerprint density at radius 1 is 1.47 bits per heavy atom. The summed E-state index contributed by atoms with van der Waals surface area (Å²) in [5.41, 5.74) is 3.24. The molecule has 0 atom stereocenters. The molecule has 4 heteroatoms. The Hall–Kier alpha value is -0.800. The monoisotopic (exact) mass is 254 g/mol. The second-order valence-electron chi connectivity index (χ2n) is 5.03. The molecule has 2 heterocycles. The van der Waals surface area contributed by atoms with Gasteiger partial charge in [-0.3, -0.25) is 4.79 Å². The van der Waals surface area contributed by atoms with Gasteiger partial charge in [-0.15, -0.1) is 11.6 Å². The fraction of sp³-hybridized carbons (Fsp3) is 0.615. The number of likely N-dealkylation sites (N-methyl/N-ethyl adjacent to an activating group) is 1. The van der Waals surface area contributed by atoms with E-state index in [1.54, 1.807) is 0 Å². The van der Waals surface area contributed by atoms with E-state index in [4.69, 9.17) is 11.6 Å². The SMILES string of the molecule is CC(C)n1c2c(cc(CCl)c1=O)CN(C)CC2. The van der Waals surface area contributed by atoms with Crippen molar-refractivity contribution >= 4 is 11.6 Å². The topological polar surface area (TPSA) is 25.2 Å². The van der Waals surface area contributed by atoms with Crippen LogP contribution in [0.1, 0.15) is 36.7 Å². The van der Waals surface area contributed by atoms with Gasteiger partial charge in [0.15, 0.2) is 0 Å². The second-order valence-corrected chi connectivity index (χ2v) is 5.30. The Morgan fingerprint density at radius 3 is 2.76 bits per heavy atom. The van der Waals surface area contributed by atoms with Gasteiger partial charge in [-0.25, -0.2) is 0 Å². The first kappa shape index (κ1) is 12.7. The summed E-state index contributed by atoms with van der Waals surface area (Å²) in [6, 6.07) is 2.18. The highest BCUT2D eigenvalue weighted by Crippen LogP contribution is 2.20. The van der Waals surface area contributed by atoms with Crippen molar-refractivity contribution in [1.82, 2.24) is 9.47 Å². The molecule has 17 heavy (non-hydrogen) atoms. The van der Waals surface area contributed by atoms with Crippen LogP contribution in [0.4, 0.5) is 0 Å². The summed E-state index contributed by atoms with van der Waals surface area (Å²) >= 11 is 5.86. The number of rotatable bonds is 2. The molecule has 0 bridgehead atoms. The van der Waals surface area contributed by atoms with Crippen LogP contribution in [0.25, 0.3) is 0 Å². The molecule has 2 rings (SSSR count). The molecular formula is C13H19ClN2O. The van der Waals surface area contributed by atoms with Crippen molar-refractivity contribution in [2.75, 3.05) is 13.6 Å². The van der Waals surface area contributed by atoms with Gasteiger partial charge in [-0.2, -0.15) is 0 Å². The number of fused-ring (bicyclic) bond motifs is 1. The summed E-state index contributed by atoms with van der Waals surface area (Å²) in [7, 11) is 2.11. The predicted octanol–water partition coefficient (Wildman–Crippen LogP) is 2.16. The normalized spacial score (nSPS) is 16.3. The molecular weight excluding hydrogens is 236 g/mol. The largest absolute Gasteiger partial charge is 0.310 e. The third kappa shape index (κ3) is 2.26. The number of alkyl halides is 1. The fourth-order valence-electron chi connectivity index (χ4n) is 2.51. The van der Waals surface area contributed by atoms with Gasteiger partial charge in [0.1, 0.15) is 0 Å². The summed E-state index contributed by atoms with van der Waals surface area (Å²) in [6.07, 6.45) is 0.946. The van der Waals surface area contributed by atoms with Gasteiger partial charge in [0.05, 0.1) is 5.88 Å². The lowest BCUT2D eigenvalue weighted by Crippen LogP contribution is -2.35. The van der Waals surface area contributed by atoms with E-state index in [9.17, 15) is 4.79 Å². The minimum absolute atomic E-state index is 0.0818. The molecule has 3 nitrogen and oxygen atoms in total. The van der Waals surface area contributed by atoms with Crippen LogP contribution in [-0.4, -0.2) is 23.1 Å². The number of hydrogen-bond donors (Lipinski definition) is 0. The lowest BCUT2D eigenvalue weighted by molar-refractivity contribution is 0.301. The Morgan fingerprint density at radius 2 is 2.18 bits per heavy atom. The summed E-state index contributed by atoms with van der Waals surface area (Å²) in [4.78, 5) is 14.5. The Balaban J connectivity index is 2.64. The molecule has 0 fully saturated rings. The van der Waals surface area contributed by atoms with Crippen molar-refractivity contribution in [3.05, 3.63) is 33.2 Å². The fourth-order valence-corrected chi connectivity index (χ4v) is 2.71. The molecule has 0 amide bonds. The van der Waals surface area contributed by atoms with Crippen LogP contribution in [0.15, 0.2) is 10.9 Å². The van der Waals surface area contributed by atoms with Gasteiger partial charge in [-0.1, -0.05) is 0 Å². The number of aromatic nitrogens is 1. The van der Waals surface area contributed by atoms with E-state index in [1.165, 1.54) is 11.3 Å². The van der Waals surface area contributed by atoms with Crippen molar-refractivity contribution in [2.45, 2.75) is 38.7 Å². The summed E-state index contributed by atoms with van der Waals surface area (Å²) in [5.74, 6) is 0.294. The van der Waals surface area contributed by atoms with Crippen LogP contribution in [0, 0.1) is 0 Å². The average molecular weight is 255 g/mol. The maximum Gasteiger partial charge on any atom is 0.255 e. The van der Waals surface area contributed by atoms with Crippen molar-refractivity contribution < 1.29 is 0 Å². The molecule has 1 aliphatic rings. The van der Waals surface area contributed by atoms with Crippen LogP contribution in [-0.2, 0) is 18.8 Å². The molecule has 0 radical (unpaired) electrons. The van der Waals surface area contributed by atoms with Crippen LogP contribution >= 0.6 is 11.6 Å². The van der Waals surface area contributed by atoms with Crippen LogP contribution in [0.2, 0.25) is 0 Å². The van der Waals surface area contributed by atoms with Crippen LogP contribution < -0.4 is 5.56 Å². The van der Waals surface area contributed by atoms with Gasteiger partial charge >= 0.3 is 0 Å². The molecule has 0 saturated heterocycles. The van der Waals surface area contributed by atoms with Gasteiger partial charge in [0, 0.05) is 36.8 Å². The second kappa shape index (κ2) is 4.83. The average Bonchev–Trinajstić information content (AvgIpc) is 2.28. The Labute approximate surface area is 107 Å². The quantitative estimate of drug-likeness (QED) is 0.756. The van der Waals surface area contributed by atoms with Crippen molar-refractivity contribution in [3.63, 3.8) is 0 Å². The minimum atomic E-state index is 0.0818. The zero-order valence-corrected chi connectivity index (χ0v) is 11.4. The number of nitrogens with zero attached hydrogens (tertiary/aromatic N) is 2. The maximum atomic E-state index is 12.3. The Bertz CT molecular complexity index is 479. The van der Waals surface area contributed by atoms with E-state index >= 15 is 0 Å². The third-order valence-electron chi connectivity index (χ3n) is 3.33. The summed E-state index contributed by atoms with van der Waals surface area (Å²) in [6.45, 7) is 6.03. The molecule has 1 aliphatic heterocycles. The van der Waals surface area contributed by atoms with Crippen molar-refractivity contribution in [3.8, 4) is 0 Å². The first-order valence-corrected chi connectivity index (χ1v) is 6.58. The van der Waals surface area contributed by atoms with E-state index in [-0.39, 0.29) is 11.6 Å². The van der Waals surface area contributed by atoms with Crippen LogP contribution in [0.3, 0.4) is 0 Å². The highest BCUT2D eigenvalue weighted by molar-refractivity contribution is 6.17. The van der Waals surface area contributed by atoms with E-state index in [0.717, 1.165) is 25.1 Å². The lowest BCUT2D eigenvalue weighted by Gasteiger charge is -2.29. The molecule has 0 saturated carbocycles. The van der Waals surface area contributed by atoms with E-state index < -0.39 is 0 Å². The van der Waals surface area contributed by atoms with Crippen molar-refractivity contribution in [1.29, 1.82) is 0 Å². The number of halogens is 1. The Kier molecular flexibility index (Phi) is 3.59. The van der Waals surface area contributed by atoms with Gasteiger partial charge in [0.2, 0.25) is 0 Å². The number of pyridine rings is 1. The maximum absolute atomic E-state index is 12.3. The zero-order chi connectivity index (χ0) is 12.6. The van der Waals surface area contributed by atoms with Gasteiger partial charge in [0.25, 0.3) is 5.56 Å². The lowest BCUT2D eigenvalue weighted by atomic mass is 10.0. The highest BCUT2D eigenvalue weighted by Gasteiger charge is 2.20. The smallest absolute Gasteiger partial charge is 0.255 e. The third-order valence-corrected chi connectivity index (χ3v) is 3.62. The van der Waals surface area contributed by atoms with Gasteiger partial charge < -0.3 is 9.47 Å². The molecule has 1 aromatic rings. The molecule has 94 valence electrons. The van der Waals surface area contributed by atoms with Gasteiger partial charge in [-0.05, 0) is 32.5 Å². The van der Waals surface area contributed by atoms with Crippen molar-refractivity contribution in [2.24, 2.45) is 0 Å². The van der Waals surface area contributed by atoms with E-state index in [0.29, 0.717) is 5.88 Å². The molecule has 1 aromatic heterocycles. The standard InChI is InChI=1S/C13H19ClN2O/c1-9(2)16-12-4-5-15(3)8-11(12)6-10(7-14)13(16)17/h6,9H,4-5,7-8H2,1-3H3. The number of hydrogen-bond acceptors (Lipinski definition) is 2. The first-order chi connectivity index (χ1) is 8.04. The molecule has 0 unspecified atom stereocenters. The van der Waals surface area contributed by atoms with E-state index in [1.807, 2.05) is 10.6 Å². The summed E-state index contributed by atoms with van der Waals surface area (Å²) < 4.78 is 1.92. The summed E-state index contributed by atoms with van der Waals surface area (Å²) in [5, 5.41) is 0. The molecule has 0 spiro atoms. The first-order valence-electron chi connectivity index (χ1n) is 6.05. The molecule has 0 aliphatic carbocycles. The molecule has 0 aromatic carbocycles. The molecule has 0 N–H and O–H groups in total. The van der Waals surface area contributed by atoms with Crippen LogP contribution in [0.5, 0.6) is 0 Å². The van der Waals surface area contributed by atoms with E-state index in [2.05, 4.69) is 25.8 Å². The minimum Gasteiger partial charge on any atom is -0.310 e. The zero-order valence-electron chi connectivity index (χ0n) is 10.7. The predicted molar refractivity (Wildman–Crippen MR) is 70.7 cm³/mol. The highest BCUT2D eigenvalue weighted by atomic mass is 35.5.